The van der Waals surface area contributed by atoms with Crippen LogP contribution in [-0.4, -0.2) is 85.6 Å². The van der Waals surface area contributed by atoms with Gasteiger partial charge in [0.15, 0.2) is 0 Å². The lowest BCUT2D eigenvalue weighted by atomic mass is 9.84. The highest BCUT2D eigenvalue weighted by Crippen LogP contribution is 2.43. The average molecular weight is 562 g/mol. The summed E-state index contributed by atoms with van der Waals surface area (Å²) < 4.78 is 35.9. The van der Waals surface area contributed by atoms with Crippen LogP contribution in [0, 0.1) is 5.92 Å². The number of hydrogen-bond acceptors (Lipinski definition) is 5. The minimum absolute atomic E-state index is 0.0696. The molecule has 0 radical (unpaired) electrons. The second kappa shape index (κ2) is 12.9. The molecule has 1 unspecified atom stereocenters. The summed E-state index contributed by atoms with van der Waals surface area (Å²) in [6.07, 6.45) is 4.84. The van der Waals surface area contributed by atoms with E-state index in [9.17, 15) is 23.5 Å². The highest BCUT2D eigenvalue weighted by Gasteiger charge is 2.41. The molecule has 10 nitrogen and oxygen atoms in total. The Hall–Kier alpha value is -1.95. The van der Waals surface area contributed by atoms with Crippen LogP contribution in [0.25, 0.3) is 0 Å². The van der Waals surface area contributed by atoms with Crippen molar-refractivity contribution < 1.29 is 42.7 Å². The van der Waals surface area contributed by atoms with Gasteiger partial charge >= 0.3 is 7.82 Å². The van der Waals surface area contributed by atoms with Gasteiger partial charge in [-0.15, -0.1) is 0 Å². The van der Waals surface area contributed by atoms with Crippen molar-refractivity contribution in [3.05, 3.63) is 35.4 Å². The second-order valence-electron chi connectivity index (χ2n) is 10.6. The summed E-state index contributed by atoms with van der Waals surface area (Å²) in [4.78, 5) is 49.6. The zero-order chi connectivity index (χ0) is 28.1. The lowest BCUT2D eigenvalue weighted by Gasteiger charge is -2.40. The van der Waals surface area contributed by atoms with Gasteiger partial charge in [-0.2, -0.15) is 0 Å². The summed E-state index contributed by atoms with van der Waals surface area (Å²) in [6.45, 7) is 1.15. The molecule has 2 saturated heterocycles. The number of nitrogens with zero attached hydrogens (tertiary/aromatic N) is 2. The Labute approximate surface area is 221 Å². The van der Waals surface area contributed by atoms with Crippen LogP contribution in [0.2, 0.25) is 0 Å². The first kappa shape index (κ1) is 30.6. The predicted molar refractivity (Wildman–Crippen MR) is 135 cm³/mol. The molecule has 6 N–H and O–H groups in total. The van der Waals surface area contributed by atoms with Crippen LogP contribution in [0.4, 0.5) is 8.78 Å². The summed E-state index contributed by atoms with van der Waals surface area (Å²) >= 11 is 0. The molecule has 0 spiro atoms. The maximum absolute atomic E-state index is 13.5. The Bertz CT molecular complexity index is 992. The molecule has 38 heavy (non-hydrogen) atoms. The van der Waals surface area contributed by atoms with Crippen LogP contribution in [0.3, 0.4) is 0 Å². The number of amides is 2. The number of phosphoric acid groups is 1. The number of hydrogen-bond donors (Lipinski definition) is 5. The van der Waals surface area contributed by atoms with Crippen molar-refractivity contribution in [1.29, 1.82) is 0 Å². The first-order valence-corrected chi connectivity index (χ1v) is 14.5. The highest BCUT2D eigenvalue weighted by molar-refractivity contribution is 7.45. The number of halogens is 2. The average Bonchev–Trinajstić information content (AvgIpc) is 3.07. The van der Waals surface area contributed by atoms with E-state index in [4.69, 9.17) is 25.0 Å². The molecule has 2 amide bonds. The Balaban J connectivity index is 0.000000732. The second-order valence-corrected chi connectivity index (χ2v) is 11.6. The van der Waals surface area contributed by atoms with Crippen LogP contribution in [0.15, 0.2) is 24.3 Å². The Morgan fingerprint density at radius 1 is 1.08 bits per heavy atom. The van der Waals surface area contributed by atoms with Crippen molar-refractivity contribution in [2.24, 2.45) is 11.7 Å². The number of alkyl halides is 2. The molecule has 0 aromatic heterocycles. The van der Waals surface area contributed by atoms with Crippen molar-refractivity contribution in [2.75, 3.05) is 26.2 Å². The van der Waals surface area contributed by atoms with Crippen molar-refractivity contribution in [2.45, 2.75) is 75.3 Å². The van der Waals surface area contributed by atoms with Crippen molar-refractivity contribution >= 4 is 19.6 Å². The summed E-state index contributed by atoms with van der Waals surface area (Å²) in [5, 5.41) is 9.44. The molecule has 2 bridgehead atoms. The SMILES string of the molecule is NC(=O)c1cccc(C2C[C@H]3CC[C@@H](C2)N3CCN(CC2CCC(F)(F)CC2)C(=O)CO)c1.O=P(O)(O)O. The molecule has 3 atom stereocenters. The molecular weight excluding hydrogens is 523 g/mol. The molecule has 13 heteroatoms. The smallest absolute Gasteiger partial charge is 0.387 e. The number of carbonyl (C=O) groups is 2. The number of aliphatic hydroxyl groups excluding tert-OH is 1. The Kier molecular flexibility index (Phi) is 10.4. The molecule has 4 rings (SSSR count). The lowest BCUT2D eigenvalue weighted by molar-refractivity contribution is -0.135. The predicted octanol–water partition coefficient (Wildman–Crippen LogP) is 2.21. The van der Waals surface area contributed by atoms with E-state index in [2.05, 4.69) is 11.0 Å². The molecule has 2 aliphatic heterocycles. The maximum atomic E-state index is 13.5. The van der Waals surface area contributed by atoms with Gasteiger partial charge in [-0.25, -0.2) is 13.3 Å². The summed E-state index contributed by atoms with van der Waals surface area (Å²) in [5.41, 5.74) is 7.15. The van der Waals surface area contributed by atoms with Gasteiger partial charge < -0.3 is 30.4 Å². The molecule has 1 aromatic carbocycles. The highest BCUT2D eigenvalue weighted by atomic mass is 31.2. The summed E-state index contributed by atoms with van der Waals surface area (Å²) in [6, 6.07) is 8.47. The third-order valence-corrected chi connectivity index (χ3v) is 7.96. The Morgan fingerprint density at radius 2 is 1.66 bits per heavy atom. The van der Waals surface area contributed by atoms with E-state index in [-0.39, 0.29) is 24.7 Å². The number of benzene rings is 1. The van der Waals surface area contributed by atoms with Crippen LogP contribution < -0.4 is 5.73 Å². The fourth-order valence-corrected chi connectivity index (χ4v) is 6.11. The molecular formula is C25H38F2N3O7P. The molecule has 3 aliphatic rings. The first-order valence-electron chi connectivity index (χ1n) is 13.0. The number of piperidine rings is 1. The van der Waals surface area contributed by atoms with Gasteiger partial charge in [-0.1, -0.05) is 12.1 Å². The first-order chi connectivity index (χ1) is 17.8. The normalized spacial score (nSPS) is 25.4. The van der Waals surface area contributed by atoms with E-state index in [1.807, 2.05) is 12.1 Å². The number of nitrogens with two attached hydrogens (primary N) is 1. The molecule has 2 heterocycles. The van der Waals surface area contributed by atoms with Gasteiger partial charge in [0.05, 0.1) is 0 Å². The standard InChI is InChI=1S/C25H35F2N3O3.H3O4P/c26-25(27)8-6-17(7-9-25)15-29(23(32)16-31)10-11-30-21-4-5-22(30)14-20(13-21)18-2-1-3-19(12-18)24(28)33;1-5(2,3)4/h1-3,12,17,20-22,31H,4-11,13-16H2,(H2,28,33);(H3,1,2,3,4)/t20?,21-,22+;. The fraction of sp³-hybridized carbons (Fsp3) is 0.680. The number of rotatable bonds is 8. The van der Waals surface area contributed by atoms with Gasteiger partial charge in [0.2, 0.25) is 17.7 Å². The third-order valence-electron chi connectivity index (χ3n) is 7.96. The third kappa shape index (κ3) is 9.07. The van der Waals surface area contributed by atoms with Crippen molar-refractivity contribution in [1.82, 2.24) is 9.80 Å². The minimum atomic E-state index is -4.64. The van der Waals surface area contributed by atoms with Gasteiger partial charge in [0, 0.05) is 50.1 Å². The largest absolute Gasteiger partial charge is 0.466 e. The molecule has 3 fully saturated rings. The van der Waals surface area contributed by atoms with E-state index in [1.165, 1.54) is 0 Å². The monoisotopic (exact) mass is 561 g/mol. The van der Waals surface area contributed by atoms with E-state index in [0.29, 0.717) is 49.5 Å². The van der Waals surface area contributed by atoms with Crippen molar-refractivity contribution in [3.8, 4) is 0 Å². The van der Waals surface area contributed by atoms with E-state index < -0.39 is 26.3 Å². The number of primary amides is 1. The van der Waals surface area contributed by atoms with E-state index >= 15 is 0 Å². The maximum Gasteiger partial charge on any atom is 0.466 e. The van der Waals surface area contributed by atoms with Crippen LogP contribution >= 0.6 is 7.82 Å². The zero-order valence-electron chi connectivity index (χ0n) is 21.3. The Morgan fingerprint density at radius 3 is 2.18 bits per heavy atom. The van der Waals surface area contributed by atoms with Crippen LogP contribution in [-0.2, 0) is 9.36 Å². The van der Waals surface area contributed by atoms with Gasteiger partial charge in [-0.3, -0.25) is 14.5 Å². The quantitative estimate of drug-likeness (QED) is 0.302. The van der Waals surface area contributed by atoms with Crippen LogP contribution in [0.1, 0.15) is 73.2 Å². The molecule has 1 aromatic rings. The van der Waals surface area contributed by atoms with Gasteiger partial charge in [-0.05, 0) is 68.1 Å². The number of fused-ring (bicyclic) bond motifs is 2. The topological polar surface area (TPSA) is 165 Å². The van der Waals surface area contributed by atoms with E-state index in [1.54, 1.807) is 11.0 Å². The van der Waals surface area contributed by atoms with Gasteiger partial charge in [0.1, 0.15) is 6.61 Å². The zero-order valence-corrected chi connectivity index (χ0v) is 22.2. The number of aliphatic hydroxyl groups is 1. The number of carbonyl (C=O) groups excluding carboxylic acids is 2. The van der Waals surface area contributed by atoms with Gasteiger partial charge in [0.25, 0.3) is 0 Å². The fourth-order valence-electron chi connectivity index (χ4n) is 6.11. The lowest BCUT2D eigenvalue weighted by Crippen LogP contribution is -2.48. The van der Waals surface area contributed by atoms with Crippen molar-refractivity contribution in [3.63, 3.8) is 0 Å². The summed E-state index contributed by atoms with van der Waals surface area (Å²) in [5.74, 6) is -2.86. The molecule has 1 aliphatic carbocycles. The molecule has 214 valence electrons. The minimum Gasteiger partial charge on any atom is -0.387 e. The van der Waals surface area contributed by atoms with Crippen LogP contribution in [0.5, 0.6) is 0 Å². The molecule has 1 saturated carbocycles. The van der Waals surface area contributed by atoms with E-state index in [0.717, 1.165) is 37.8 Å². The summed E-state index contributed by atoms with van der Waals surface area (Å²) in [7, 11) is -4.64.